The highest BCUT2D eigenvalue weighted by atomic mass is 33.1. The maximum Gasteiger partial charge on any atom is 0.317 e. The van der Waals surface area contributed by atoms with Crippen LogP contribution in [0.3, 0.4) is 0 Å². The molecule has 3 heterocycles. The number of rotatable bonds is 26. The zero-order valence-electron chi connectivity index (χ0n) is 55.9. The van der Waals surface area contributed by atoms with Crippen molar-refractivity contribution in [3.63, 3.8) is 0 Å². The molecule has 10 atom stereocenters. The van der Waals surface area contributed by atoms with Crippen LogP contribution in [0.1, 0.15) is 56.2 Å². The number of unbranched alkanes of at least 4 members (excludes halogenated alkanes) is 1. The third-order valence-corrected chi connectivity index (χ3v) is 19.2. The molecule has 0 radical (unpaired) electrons. The number of carboxylic acid groups (broad SMARTS) is 3. The predicted molar refractivity (Wildman–Crippen MR) is 371 cm³/mol. The van der Waals surface area contributed by atoms with E-state index in [9.17, 15) is 74.1 Å². The summed E-state index contributed by atoms with van der Waals surface area (Å²) in [5.74, 6) is -11.2. The number of nitrogens with zero attached hydrogens (tertiary/aromatic N) is 4. The smallest absolute Gasteiger partial charge is 0.317 e. The Morgan fingerprint density at radius 3 is 1.76 bits per heavy atom. The van der Waals surface area contributed by atoms with Gasteiger partial charge in [0.2, 0.25) is 47.3 Å². The molecule has 0 bridgehead atoms. The molecule has 1 aromatic heterocycles. The van der Waals surface area contributed by atoms with Crippen molar-refractivity contribution >= 4 is 97.7 Å². The summed E-state index contributed by atoms with van der Waals surface area (Å²) in [5.41, 5.74) is 8.25. The minimum absolute atomic E-state index is 0.00673. The number of phenolic OH excluding ortho intramolecular Hbond substituents is 1. The first-order valence-electron chi connectivity index (χ1n) is 33.0. The summed E-state index contributed by atoms with van der Waals surface area (Å²) in [5, 5.41) is 93.6. The number of aliphatic hydroxyl groups is 3. The van der Waals surface area contributed by atoms with E-state index >= 15 is 14.4 Å². The largest absolute Gasteiger partial charge is 0.508 e. The summed E-state index contributed by atoms with van der Waals surface area (Å²) in [6.07, 6.45) is -1.27. The van der Waals surface area contributed by atoms with Crippen molar-refractivity contribution in [2.75, 3.05) is 103 Å². The van der Waals surface area contributed by atoms with Gasteiger partial charge >= 0.3 is 17.9 Å². The van der Waals surface area contributed by atoms with Crippen LogP contribution in [0.4, 0.5) is 0 Å². The molecule has 2 unspecified atom stereocenters. The Morgan fingerprint density at radius 1 is 0.620 bits per heavy atom. The Morgan fingerprint density at radius 2 is 1.19 bits per heavy atom. The highest BCUT2D eigenvalue weighted by Crippen LogP contribution is 2.25. The number of aliphatic hydroxyl groups excluding tert-OH is 3. The molecule has 4 aromatic rings. The molecule has 3 aromatic carbocycles. The number of H-pyrrole nitrogens is 1. The van der Waals surface area contributed by atoms with E-state index in [0.717, 1.165) is 32.5 Å². The van der Waals surface area contributed by atoms with Crippen LogP contribution in [0.15, 0.2) is 85.1 Å². The molecule has 18 N–H and O–H groups in total. The fraction of sp³-hybridized carbons (Fsp3) is 0.530. The normalized spacial score (nSPS) is 22.0. The van der Waals surface area contributed by atoms with Gasteiger partial charge in [0.25, 0.3) is 0 Å². The highest BCUT2D eigenvalue weighted by molar-refractivity contribution is 8.76. The number of nitrogens with one attached hydrogen (secondary N) is 9. The number of hydrogen-bond acceptors (Lipinski definition) is 22. The number of carbonyl (C=O) groups is 11. The van der Waals surface area contributed by atoms with Crippen molar-refractivity contribution in [3.8, 4) is 5.75 Å². The molecule has 0 saturated carbocycles. The molecule has 100 heavy (non-hydrogen) atoms. The molecule has 6 rings (SSSR count). The second kappa shape index (κ2) is 41.3. The molecule has 2 fully saturated rings. The van der Waals surface area contributed by atoms with E-state index in [0.29, 0.717) is 29.5 Å². The Labute approximate surface area is 586 Å². The minimum atomic E-state index is -1.75. The molecular formula is C66H94N14O18S2. The first kappa shape index (κ1) is 80.5. The lowest BCUT2D eigenvalue weighted by Crippen LogP contribution is -2.61. The number of nitrogens with two attached hydrogens (primary N) is 1. The summed E-state index contributed by atoms with van der Waals surface area (Å²) in [6.45, 7) is 1.15. The lowest BCUT2D eigenvalue weighted by Gasteiger charge is -2.33. The summed E-state index contributed by atoms with van der Waals surface area (Å²) in [4.78, 5) is 163. The van der Waals surface area contributed by atoms with Crippen molar-refractivity contribution in [2.24, 2.45) is 5.73 Å². The molecular weight excluding hydrogens is 1340 g/mol. The van der Waals surface area contributed by atoms with Gasteiger partial charge in [0.1, 0.15) is 42.0 Å². The number of benzene rings is 3. The van der Waals surface area contributed by atoms with Crippen LogP contribution in [0, 0.1) is 0 Å². The van der Waals surface area contributed by atoms with Gasteiger partial charge < -0.3 is 89.0 Å². The summed E-state index contributed by atoms with van der Waals surface area (Å²) >= 11 is 0. The Hall–Kier alpha value is -8.45. The van der Waals surface area contributed by atoms with Crippen LogP contribution in [0.2, 0.25) is 0 Å². The molecule has 548 valence electrons. The standard InChI is InChI=1S/C66H94N14O18S2/c1-40(82)52(37-81)73-65(97)54-39-100-99-38-53(74-63(95)50(28-42-10-4-3-5-11-42)71-56(86)33-77-20-22-78(34-57(87)88)24-26-80(36-59(91)92)27-25-79(23-21-77)35-58(89)90)64(96)72-51(29-43-15-17-46(84)18-16-43)62(94)69-45(30-44-32-68-48-13-7-6-12-47(44)48)31-55(85)70-49(14-8-9-19-67)61(93)76-60(41(2)83)66(98)75-54/h3-7,10-13,15-18,32,40-41,45,49-54,60,68,81-84H,8-9,14,19-31,33-39,67H2,1-2H3,(H,69,94)(H,70,85)(H,71,86)(H,72,96)(H,73,97)(H,74,95)(H,75,98)(H,76,93)(H,87,88)(H,89,90)(H,91,92)/t40?,41?,45-,49+,50-,51+,52-,53+,54+,60+/m1/s1. The number of phenols is 1. The van der Waals surface area contributed by atoms with E-state index in [1.807, 2.05) is 24.3 Å². The van der Waals surface area contributed by atoms with Crippen molar-refractivity contribution in [3.05, 3.63) is 102 Å². The number of para-hydroxylation sites is 1. The number of hydrogen-bond donors (Lipinski definition) is 17. The van der Waals surface area contributed by atoms with Gasteiger partial charge in [0.05, 0.1) is 51.0 Å². The number of aromatic amines is 1. The lowest BCUT2D eigenvalue weighted by molar-refractivity contribution is -0.140. The van der Waals surface area contributed by atoms with Gasteiger partial charge in [-0.25, -0.2) is 0 Å². The fourth-order valence-corrected chi connectivity index (χ4v) is 13.6. The fourth-order valence-electron chi connectivity index (χ4n) is 11.3. The zero-order chi connectivity index (χ0) is 72.8. The second-order valence-electron chi connectivity index (χ2n) is 24.9. The maximum absolute atomic E-state index is 15.3. The molecule has 2 aliphatic rings. The van der Waals surface area contributed by atoms with Crippen LogP contribution < -0.4 is 48.3 Å². The highest BCUT2D eigenvalue weighted by Gasteiger charge is 2.37. The Balaban J connectivity index is 1.40. The average molecular weight is 1440 g/mol. The van der Waals surface area contributed by atoms with Gasteiger partial charge in [-0.15, -0.1) is 0 Å². The van der Waals surface area contributed by atoms with Crippen LogP contribution in [-0.2, 0) is 72.0 Å². The van der Waals surface area contributed by atoms with Gasteiger partial charge in [-0.05, 0) is 81.0 Å². The number of fused-ring (bicyclic) bond motifs is 1. The van der Waals surface area contributed by atoms with Crippen molar-refractivity contribution in [1.82, 2.24) is 67.1 Å². The van der Waals surface area contributed by atoms with Gasteiger partial charge in [-0.1, -0.05) is 82.3 Å². The topological polar surface area (TPSA) is 480 Å². The zero-order valence-corrected chi connectivity index (χ0v) is 57.6. The molecule has 2 aliphatic heterocycles. The van der Waals surface area contributed by atoms with Crippen LogP contribution in [-0.4, -0.2) is 289 Å². The monoisotopic (exact) mass is 1430 g/mol. The average Bonchev–Trinajstić information content (AvgIpc) is 1.68. The van der Waals surface area contributed by atoms with Gasteiger partial charge in [-0.2, -0.15) is 0 Å². The SMILES string of the molecule is CC(O)[C@@H]1NC(=O)[C@H](CCCCN)NC(=O)C[C@@H](Cc2c[nH]c3ccccc23)NC(=O)[C@H](Cc2ccc(O)cc2)NC(=O)[C@@H](NC(=O)[C@@H](Cc2ccccc2)NC(=O)CN2CCN(CC(=O)O)CCN(CC(=O)O)CCN(CC(=O)O)CC2)CSSC[C@@H](C(=O)N[C@H](CO)C(C)O)NC1=O. The van der Waals surface area contributed by atoms with E-state index in [1.54, 1.807) is 56.1 Å². The summed E-state index contributed by atoms with van der Waals surface area (Å²) < 4.78 is 0. The Kier molecular flexibility index (Phi) is 33.3. The third-order valence-electron chi connectivity index (χ3n) is 16.8. The molecule has 8 amide bonds. The van der Waals surface area contributed by atoms with Crippen LogP contribution in [0.5, 0.6) is 5.75 Å². The predicted octanol–water partition coefficient (Wildman–Crippen LogP) is -3.08. The summed E-state index contributed by atoms with van der Waals surface area (Å²) in [7, 11) is 1.82. The lowest BCUT2D eigenvalue weighted by atomic mass is 9.99. The number of aromatic nitrogens is 1. The van der Waals surface area contributed by atoms with Crippen molar-refractivity contribution < 1.29 is 88.5 Å². The number of aliphatic carboxylic acids is 3. The maximum atomic E-state index is 15.3. The second-order valence-corrected chi connectivity index (χ2v) is 27.4. The molecule has 0 spiro atoms. The number of aromatic hydroxyl groups is 1. The number of carboxylic acids is 3. The van der Waals surface area contributed by atoms with Crippen LogP contribution in [0.25, 0.3) is 10.9 Å². The van der Waals surface area contributed by atoms with E-state index < -0.39 is 158 Å². The minimum Gasteiger partial charge on any atom is -0.508 e. The van der Waals surface area contributed by atoms with Gasteiger partial charge in [-0.3, -0.25) is 72.3 Å². The van der Waals surface area contributed by atoms with Crippen LogP contribution >= 0.6 is 21.6 Å². The number of amides is 8. The van der Waals surface area contributed by atoms with E-state index in [1.165, 1.54) is 38.1 Å². The van der Waals surface area contributed by atoms with E-state index in [4.69, 9.17) is 5.73 Å². The Bertz CT molecular complexity index is 3340. The quantitative estimate of drug-likeness (QED) is 0.0219. The molecule has 0 aliphatic carbocycles. The van der Waals surface area contributed by atoms with Crippen molar-refractivity contribution in [2.45, 2.75) is 119 Å². The van der Waals surface area contributed by atoms with E-state index in [-0.39, 0.29) is 108 Å². The van der Waals surface area contributed by atoms with Gasteiger partial charge in [0.15, 0.2) is 0 Å². The molecule has 34 heteroatoms. The molecule has 32 nitrogen and oxygen atoms in total. The molecule has 2 saturated heterocycles. The van der Waals surface area contributed by atoms with E-state index in [2.05, 4.69) is 47.5 Å². The third kappa shape index (κ3) is 27.6. The number of carbonyl (C=O) groups excluding carboxylic acids is 8. The first-order chi connectivity index (χ1) is 47.8. The first-order valence-corrected chi connectivity index (χ1v) is 35.5. The van der Waals surface area contributed by atoms with Gasteiger partial charge in [0, 0.05) is 106 Å². The summed E-state index contributed by atoms with van der Waals surface area (Å²) in [6, 6.07) is 10.1. The van der Waals surface area contributed by atoms with Crippen molar-refractivity contribution in [1.29, 1.82) is 0 Å².